The summed E-state index contributed by atoms with van der Waals surface area (Å²) < 4.78 is 13.2. The van der Waals surface area contributed by atoms with Gasteiger partial charge < -0.3 is 5.73 Å². The minimum Gasteiger partial charge on any atom is -0.366 e. The molecule has 0 aliphatic rings. The monoisotopic (exact) mass is 201 g/mol. The summed E-state index contributed by atoms with van der Waals surface area (Å²) in [6.45, 7) is 5.45. The highest BCUT2D eigenvalue weighted by atomic mass is 19.1. The molecule has 0 spiro atoms. The van der Waals surface area contributed by atoms with Gasteiger partial charge in [0.2, 0.25) is 5.91 Å². The van der Waals surface area contributed by atoms with Gasteiger partial charge in [-0.15, -0.1) is 0 Å². The summed E-state index contributed by atoms with van der Waals surface area (Å²) in [4.78, 5) is 10.6. The van der Waals surface area contributed by atoms with E-state index in [0.29, 0.717) is 6.42 Å². The molecule has 0 aliphatic heterocycles. The van der Waals surface area contributed by atoms with Gasteiger partial charge in [-0.2, -0.15) is 0 Å². The Labute approximate surface area is 85.4 Å². The van der Waals surface area contributed by atoms with E-state index in [1.807, 2.05) is 0 Å². The lowest BCUT2D eigenvalue weighted by Crippen LogP contribution is -2.20. The van der Waals surface area contributed by atoms with Crippen LogP contribution in [0.25, 0.3) is 0 Å². The number of nitrogens with two attached hydrogens (primary N) is 1. The molecule has 82 valence electrons. The fourth-order valence-electron chi connectivity index (χ4n) is 1.26. The fourth-order valence-corrected chi connectivity index (χ4v) is 1.26. The van der Waals surface area contributed by atoms with Crippen molar-refractivity contribution in [2.24, 2.45) is 5.73 Å². The number of carbonyl (C=O) groups excluding carboxylic acids is 1. The molecule has 0 radical (unpaired) electrons. The third-order valence-corrected chi connectivity index (χ3v) is 2.26. The van der Waals surface area contributed by atoms with Crippen molar-refractivity contribution < 1.29 is 9.18 Å². The normalized spacial score (nSPS) is 12.4. The van der Waals surface area contributed by atoms with Crippen LogP contribution in [0.5, 0.6) is 0 Å². The van der Waals surface area contributed by atoms with Gasteiger partial charge >= 0.3 is 0 Å². The van der Waals surface area contributed by atoms with E-state index >= 15 is 0 Å². The average molecular weight is 201 g/mol. The minimum atomic E-state index is -1.26. The van der Waals surface area contributed by atoms with E-state index in [0.717, 1.165) is 19.3 Å². The number of halogens is 1. The molecule has 2 N–H and O–H groups in total. The van der Waals surface area contributed by atoms with Crippen molar-refractivity contribution in [2.75, 3.05) is 0 Å². The second-order valence-corrected chi connectivity index (χ2v) is 3.56. The molecule has 3 heteroatoms. The zero-order chi connectivity index (χ0) is 11.0. The van der Waals surface area contributed by atoms with Gasteiger partial charge in [0.1, 0.15) is 6.17 Å². The number of unbranched alkanes of at least 4 members (excludes halogenated alkanes) is 4. The number of hydrogen-bond acceptors (Lipinski definition) is 1. The third-order valence-electron chi connectivity index (χ3n) is 2.26. The first kappa shape index (κ1) is 13.1. The molecule has 0 fully saturated rings. The van der Waals surface area contributed by atoms with Crippen LogP contribution in [-0.2, 0) is 4.79 Å². The number of alkyl halides is 1. The van der Waals surface area contributed by atoms with Gasteiger partial charge in [0, 0.05) is 5.57 Å². The molecule has 0 aromatic carbocycles. The van der Waals surface area contributed by atoms with Gasteiger partial charge in [-0.1, -0.05) is 45.6 Å². The summed E-state index contributed by atoms with van der Waals surface area (Å²) >= 11 is 0. The summed E-state index contributed by atoms with van der Waals surface area (Å²) in [5.74, 6) is -0.731. The molecule has 1 unspecified atom stereocenters. The summed E-state index contributed by atoms with van der Waals surface area (Å²) in [7, 11) is 0. The Morgan fingerprint density at radius 1 is 1.36 bits per heavy atom. The Kier molecular flexibility index (Phi) is 7.07. The van der Waals surface area contributed by atoms with Crippen molar-refractivity contribution in [2.45, 2.75) is 51.6 Å². The second-order valence-electron chi connectivity index (χ2n) is 3.56. The predicted molar refractivity (Wildman–Crippen MR) is 56.6 cm³/mol. The SMILES string of the molecule is C=C(C(N)=O)C(F)CCCCCCC. The molecule has 14 heavy (non-hydrogen) atoms. The van der Waals surface area contributed by atoms with E-state index < -0.39 is 12.1 Å². The van der Waals surface area contributed by atoms with E-state index in [1.54, 1.807) is 0 Å². The lowest BCUT2D eigenvalue weighted by atomic mass is 10.0. The van der Waals surface area contributed by atoms with Gasteiger partial charge in [0.25, 0.3) is 0 Å². The lowest BCUT2D eigenvalue weighted by molar-refractivity contribution is -0.115. The van der Waals surface area contributed by atoms with Crippen molar-refractivity contribution in [3.63, 3.8) is 0 Å². The van der Waals surface area contributed by atoms with E-state index in [2.05, 4.69) is 13.5 Å². The highest BCUT2D eigenvalue weighted by molar-refractivity contribution is 5.92. The Morgan fingerprint density at radius 3 is 2.43 bits per heavy atom. The zero-order valence-electron chi connectivity index (χ0n) is 8.89. The highest BCUT2D eigenvalue weighted by Gasteiger charge is 2.14. The molecule has 0 saturated carbocycles. The van der Waals surface area contributed by atoms with Gasteiger partial charge in [-0.05, 0) is 6.42 Å². The molecular formula is C11H20FNO. The van der Waals surface area contributed by atoms with Crippen LogP contribution in [0.15, 0.2) is 12.2 Å². The number of amides is 1. The van der Waals surface area contributed by atoms with Gasteiger partial charge in [-0.3, -0.25) is 4.79 Å². The van der Waals surface area contributed by atoms with Crippen LogP contribution in [0, 0.1) is 0 Å². The van der Waals surface area contributed by atoms with Gasteiger partial charge in [0.05, 0.1) is 0 Å². The molecule has 0 aliphatic carbocycles. The first-order chi connectivity index (χ1) is 6.59. The third kappa shape index (κ3) is 5.73. The lowest BCUT2D eigenvalue weighted by Gasteiger charge is -2.07. The maximum absolute atomic E-state index is 13.2. The predicted octanol–water partition coefficient (Wildman–Crippen LogP) is 2.73. The maximum atomic E-state index is 13.2. The van der Waals surface area contributed by atoms with Gasteiger partial charge in [0.15, 0.2) is 0 Å². The first-order valence-electron chi connectivity index (χ1n) is 5.22. The fraction of sp³-hybridized carbons (Fsp3) is 0.727. The molecule has 0 aromatic heterocycles. The van der Waals surface area contributed by atoms with Crippen LogP contribution in [0.1, 0.15) is 45.4 Å². The largest absolute Gasteiger partial charge is 0.366 e. The van der Waals surface area contributed by atoms with Crippen LogP contribution < -0.4 is 5.73 Å². The standard InChI is InChI=1S/C11H20FNO/c1-3-4-5-6-7-8-10(12)9(2)11(13)14/h10H,2-8H2,1H3,(H2,13,14). The Morgan fingerprint density at radius 2 is 1.93 bits per heavy atom. The van der Waals surface area contributed by atoms with E-state index in [-0.39, 0.29) is 5.57 Å². The summed E-state index contributed by atoms with van der Waals surface area (Å²) in [5, 5.41) is 0. The molecule has 1 amide bonds. The number of primary amides is 1. The smallest absolute Gasteiger partial charge is 0.246 e. The van der Waals surface area contributed by atoms with Crippen molar-refractivity contribution in [1.29, 1.82) is 0 Å². The Bertz CT molecular complexity index is 192. The number of carbonyl (C=O) groups is 1. The van der Waals surface area contributed by atoms with Gasteiger partial charge in [-0.25, -0.2) is 4.39 Å². The first-order valence-corrected chi connectivity index (χ1v) is 5.22. The molecule has 1 atom stereocenters. The summed E-state index contributed by atoms with van der Waals surface area (Å²) in [6, 6.07) is 0. The molecule has 0 saturated heterocycles. The molecule has 0 bridgehead atoms. The van der Waals surface area contributed by atoms with Crippen molar-refractivity contribution in [3.8, 4) is 0 Å². The zero-order valence-corrected chi connectivity index (χ0v) is 8.89. The van der Waals surface area contributed by atoms with Crippen molar-refractivity contribution in [1.82, 2.24) is 0 Å². The van der Waals surface area contributed by atoms with E-state index in [4.69, 9.17) is 5.73 Å². The van der Waals surface area contributed by atoms with Crippen LogP contribution in [0.2, 0.25) is 0 Å². The summed E-state index contributed by atoms with van der Waals surface area (Å²) in [6.07, 6.45) is 4.42. The molecular weight excluding hydrogens is 181 g/mol. The highest BCUT2D eigenvalue weighted by Crippen LogP contribution is 2.14. The van der Waals surface area contributed by atoms with Crippen LogP contribution >= 0.6 is 0 Å². The quantitative estimate of drug-likeness (QED) is 0.476. The summed E-state index contributed by atoms with van der Waals surface area (Å²) in [5.41, 5.74) is 4.81. The Balaban J connectivity index is 3.49. The number of rotatable bonds is 8. The van der Waals surface area contributed by atoms with Crippen molar-refractivity contribution in [3.05, 3.63) is 12.2 Å². The van der Waals surface area contributed by atoms with Crippen molar-refractivity contribution >= 4 is 5.91 Å². The molecule has 0 aromatic rings. The number of hydrogen-bond donors (Lipinski definition) is 1. The Hall–Kier alpha value is -0.860. The topological polar surface area (TPSA) is 43.1 Å². The minimum absolute atomic E-state index is 0.0968. The van der Waals surface area contributed by atoms with Crippen LogP contribution in [0.3, 0.4) is 0 Å². The average Bonchev–Trinajstić information content (AvgIpc) is 2.16. The van der Waals surface area contributed by atoms with Crippen LogP contribution in [0.4, 0.5) is 4.39 Å². The second kappa shape index (κ2) is 7.54. The van der Waals surface area contributed by atoms with E-state index in [1.165, 1.54) is 12.8 Å². The molecule has 0 heterocycles. The van der Waals surface area contributed by atoms with Crippen LogP contribution in [-0.4, -0.2) is 12.1 Å². The molecule has 2 nitrogen and oxygen atoms in total. The maximum Gasteiger partial charge on any atom is 0.246 e. The molecule has 0 rings (SSSR count). The van der Waals surface area contributed by atoms with E-state index in [9.17, 15) is 9.18 Å².